The van der Waals surface area contributed by atoms with E-state index in [1.807, 2.05) is 13.8 Å². The van der Waals surface area contributed by atoms with Crippen molar-refractivity contribution in [2.24, 2.45) is 0 Å². The Balaban J connectivity index is 3.09. The number of furan rings is 1. The minimum absolute atomic E-state index is 0.0270. The molecule has 0 saturated carbocycles. The molecule has 0 saturated heterocycles. The summed E-state index contributed by atoms with van der Waals surface area (Å²) in [6, 6.07) is 0. The molecule has 6 heteroatoms. The molecule has 0 fully saturated rings. The van der Waals surface area contributed by atoms with Gasteiger partial charge in [0.1, 0.15) is 17.1 Å². The van der Waals surface area contributed by atoms with Gasteiger partial charge in [0.2, 0.25) is 6.29 Å². The number of unbranched alkanes of at least 4 members (excludes halogenated alkanes) is 3. The molecule has 0 unspecified atom stereocenters. The van der Waals surface area contributed by atoms with Crippen LogP contribution >= 0.6 is 0 Å². The fourth-order valence-corrected chi connectivity index (χ4v) is 3.02. The van der Waals surface area contributed by atoms with Gasteiger partial charge in [-0.2, -0.15) is 0 Å². The Kier molecular flexibility index (Phi) is 11.0. The van der Waals surface area contributed by atoms with Crippen molar-refractivity contribution in [3.05, 3.63) is 22.6 Å². The van der Waals surface area contributed by atoms with Crippen LogP contribution < -0.4 is 0 Å². The van der Waals surface area contributed by atoms with Crippen LogP contribution in [0.3, 0.4) is 0 Å². The highest BCUT2D eigenvalue weighted by Crippen LogP contribution is 2.27. The minimum atomic E-state index is -0.932. The highest BCUT2D eigenvalue weighted by atomic mass is 16.7. The van der Waals surface area contributed by atoms with Crippen LogP contribution in [0.4, 0.5) is 0 Å². The zero-order valence-electron chi connectivity index (χ0n) is 17.4. The van der Waals surface area contributed by atoms with Crippen molar-refractivity contribution < 1.29 is 28.2 Å². The molecule has 0 atom stereocenters. The number of ketones is 1. The van der Waals surface area contributed by atoms with Crippen LogP contribution in [0.15, 0.2) is 4.42 Å². The third-order valence-corrected chi connectivity index (χ3v) is 4.25. The van der Waals surface area contributed by atoms with Crippen LogP contribution in [-0.2, 0) is 31.8 Å². The summed E-state index contributed by atoms with van der Waals surface area (Å²) in [6.45, 7) is 10.3. The fraction of sp³-hybridized carbons (Fsp3) is 0.714. The third-order valence-electron chi connectivity index (χ3n) is 4.25. The maximum Gasteiger partial charge on any atom is 0.341 e. The molecule has 0 bridgehead atoms. The summed E-state index contributed by atoms with van der Waals surface area (Å²) in [5, 5.41) is 0. The first-order valence-corrected chi connectivity index (χ1v) is 10.0. The van der Waals surface area contributed by atoms with Gasteiger partial charge in [0.05, 0.1) is 6.61 Å². The lowest BCUT2D eigenvalue weighted by Crippen LogP contribution is -2.29. The molecule has 27 heavy (non-hydrogen) atoms. The van der Waals surface area contributed by atoms with Gasteiger partial charge in [-0.05, 0) is 34.1 Å². The number of hydrogen-bond donors (Lipinski definition) is 0. The van der Waals surface area contributed by atoms with E-state index in [1.165, 1.54) is 0 Å². The predicted molar refractivity (Wildman–Crippen MR) is 103 cm³/mol. The molecule has 0 aliphatic rings. The number of aryl methyl sites for hydroxylation is 2. The van der Waals surface area contributed by atoms with Gasteiger partial charge < -0.3 is 18.6 Å². The van der Waals surface area contributed by atoms with E-state index < -0.39 is 12.3 Å². The number of rotatable bonds is 14. The van der Waals surface area contributed by atoms with Gasteiger partial charge in [-0.15, -0.1) is 0 Å². The van der Waals surface area contributed by atoms with E-state index in [0.29, 0.717) is 42.3 Å². The van der Waals surface area contributed by atoms with Gasteiger partial charge in [0.15, 0.2) is 5.78 Å². The Morgan fingerprint density at radius 1 is 0.963 bits per heavy atom. The van der Waals surface area contributed by atoms with E-state index in [0.717, 1.165) is 25.7 Å². The first-order chi connectivity index (χ1) is 13.0. The number of esters is 1. The summed E-state index contributed by atoms with van der Waals surface area (Å²) in [5.41, 5.74) is 0.972. The summed E-state index contributed by atoms with van der Waals surface area (Å²) in [6.07, 6.45) is 4.11. The highest BCUT2D eigenvalue weighted by molar-refractivity contribution is 5.95. The van der Waals surface area contributed by atoms with Crippen LogP contribution in [0.5, 0.6) is 0 Å². The van der Waals surface area contributed by atoms with Crippen LogP contribution in [0.1, 0.15) is 80.8 Å². The van der Waals surface area contributed by atoms with E-state index in [9.17, 15) is 9.59 Å². The molecule has 0 N–H and O–H groups in total. The molecule has 1 rings (SSSR count). The van der Waals surface area contributed by atoms with Crippen molar-refractivity contribution >= 4 is 11.8 Å². The van der Waals surface area contributed by atoms with Gasteiger partial charge in [-0.3, -0.25) is 4.79 Å². The van der Waals surface area contributed by atoms with Gasteiger partial charge >= 0.3 is 5.97 Å². The van der Waals surface area contributed by atoms with E-state index in [4.69, 9.17) is 18.6 Å². The number of Topliss-reactive ketones (excluding diaryl/α,β-unsaturated/α-hetero) is 1. The van der Waals surface area contributed by atoms with Gasteiger partial charge in [-0.25, -0.2) is 4.79 Å². The molecular formula is C21H34O6. The summed E-state index contributed by atoms with van der Waals surface area (Å²) in [5.74, 6) is 0.503. The van der Waals surface area contributed by atoms with E-state index in [2.05, 4.69) is 6.92 Å². The number of ether oxygens (including phenoxy) is 3. The maximum atomic E-state index is 12.7. The molecule has 0 radical (unpaired) electrons. The molecule has 0 aliphatic carbocycles. The molecule has 154 valence electrons. The average Bonchev–Trinajstić information content (AvgIpc) is 2.94. The fourth-order valence-electron chi connectivity index (χ4n) is 3.02. The lowest BCUT2D eigenvalue weighted by molar-refractivity contribution is -0.167. The Morgan fingerprint density at radius 2 is 1.63 bits per heavy atom. The smallest absolute Gasteiger partial charge is 0.341 e. The van der Waals surface area contributed by atoms with Crippen molar-refractivity contribution in [3.8, 4) is 0 Å². The first kappa shape index (κ1) is 23.4. The molecule has 1 aromatic heterocycles. The standard InChI is InChI=1S/C21H34O6/c1-6-10-11-12-13-18-16(14-17(22)21(25-8-3)26-9-4)19(15(5)27-18)20(23)24-7-2/h21H,6-14H2,1-5H3. The van der Waals surface area contributed by atoms with Gasteiger partial charge in [0.25, 0.3) is 0 Å². The lowest BCUT2D eigenvalue weighted by Gasteiger charge is -2.16. The zero-order chi connectivity index (χ0) is 20.2. The largest absolute Gasteiger partial charge is 0.465 e. The first-order valence-electron chi connectivity index (χ1n) is 10.0. The van der Waals surface area contributed by atoms with Crippen LogP contribution in [-0.4, -0.2) is 37.9 Å². The van der Waals surface area contributed by atoms with E-state index in [1.54, 1.807) is 13.8 Å². The average molecular weight is 382 g/mol. The topological polar surface area (TPSA) is 75.0 Å². The molecule has 1 heterocycles. The van der Waals surface area contributed by atoms with Crippen molar-refractivity contribution in [2.75, 3.05) is 19.8 Å². The van der Waals surface area contributed by atoms with E-state index >= 15 is 0 Å². The zero-order valence-corrected chi connectivity index (χ0v) is 17.4. The summed E-state index contributed by atoms with van der Waals surface area (Å²) >= 11 is 0. The van der Waals surface area contributed by atoms with Gasteiger partial charge in [0, 0.05) is 31.6 Å². The maximum absolute atomic E-state index is 12.7. The minimum Gasteiger partial charge on any atom is -0.465 e. The highest BCUT2D eigenvalue weighted by Gasteiger charge is 2.28. The number of hydrogen-bond acceptors (Lipinski definition) is 6. The molecule has 1 aromatic rings. The van der Waals surface area contributed by atoms with Crippen LogP contribution in [0.2, 0.25) is 0 Å². The lowest BCUT2D eigenvalue weighted by atomic mass is 9.99. The Labute approximate surface area is 162 Å². The van der Waals surface area contributed by atoms with E-state index in [-0.39, 0.29) is 18.8 Å². The molecule has 0 aromatic carbocycles. The number of carbonyl (C=O) groups excluding carboxylic acids is 2. The van der Waals surface area contributed by atoms with Crippen LogP contribution in [0, 0.1) is 6.92 Å². The second kappa shape index (κ2) is 12.7. The third kappa shape index (κ3) is 7.11. The molecule has 0 aliphatic heterocycles. The Hall–Kier alpha value is -1.66. The normalized spacial score (nSPS) is 11.2. The predicted octanol–water partition coefficient (Wildman–Crippen LogP) is 4.40. The molecular weight excluding hydrogens is 348 g/mol. The molecule has 0 amide bonds. The van der Waals surface area contributed by atoms with Crippen molar-refractivity contribution in [2.45, 2.75) is 79.4 Å². The molecule has 0 spiro atoms. The Morgan fingerprint density at radius 3 is 2.19 bits per heavy atom. The number of carbonyl (C=O) groups is 2. The SMILES string of the molecule is CCCCCCc1oc(C)c(C(=O)OCC)c1CC(=O)C(OCC)OCC. The van der Waals surface area contributed by atoms with Crippen molar-refractivity contribution in [3.63, 3.8) is 0 Å². The summed E-state index contributed by atoms with van der Waals surface area (Å²) in [7, 11) is 0. The quantitative estimate of drug-likeness (QED) is 0.270. The van der Waals surface area contributed by atoms with Crippen molar-refractivity contribution in [1.29, 1.82) is 0 Å². The second-order valence-corrected chi connectivity index (χ2v) is 6.35. The summed E-state index contributed by atoms with van der Waals surface area (Å²) < 4.78 is 21.8. The van der Waals surface area contributed by atoms with Crippen molar-refractivity contribution in [1.82, 2.24) is 0 Å². The molecule has 6 nitrogen and oxygen atoms in total. The van der Waals surface area contributed by atoms with Crippen LogP contribution in [0.25, 0.3) is 0 Å². The van der Waals surface area contributed by atoms with Gasteiger partial charge in [-0.1, -0.05) is 26.2 Å². The summed E-state index contributed by atoms with van der Waals surface area (Å²) in [4.78, 5) is 25.1. The monoisotopic (exact) mass is 382 g/mol. The Bertz CT molecular complexity index is 584. The second-order valence-electron chi connectivity index (χ2n) is 6.35.